The van der Waals surface area contributed by atoms with E-state index in [1.165, 1.54) is 11.3 Å². The van der Waals surface area contributed by atoms with Gasteiger partial charge in [-0.25, -0.2) is 9.78 Å². The molecule has 0 saturated carbocycles. The fraction of sp³-hybridized carbons (Fsp3) is 0.300. The highest BCUT2D eigenvalue weighted by Gasteiger charge is 2.14. The first-order chi connectivity index (χ1) is 12.6. The molecule has 0 aliphatic carbocycles. The van der Waals surface area contributed by atoms with Crippen molar-refractivity contribution in [3.8, 4) is 11.5 Å². The molecule has 3 rings (SSSR count). The zero-order valence-corrected chi connectivity index (χ0v) is 15.8. The normalized spacial score (nSPS) is 10.9. The Kier molecular flexibility index (Phi) is 5.73. The van der Waals surface area contributed by atoms with Gasteiger partial charge in [-0.05, 0) is 36.2 Å². The molecule has 0 atom stereocenters. The molecule has 0 bridgehead atoms. The van der Waals surface area contributed by atoms with E-state index in [0.29, 0.717) is 29.6 Å². The van der Waals surface area contributed by atoms with Crippen LogP contribution < -0.4 is 9.47 Å². The SMILES string of the molecule is COc1cc(C(=O)OCc2nc3ccccc3s2)ccc1OCC(C)C. The number of carbonyl (C=O) groups is 1. The summed E-state index contributed by atoms with van der Waals surface area (Å²) in [7, 11) is 1.55. The summed E-state index contributed by atoms with van der Waals surface area (Å²) >= 11 is 1.52. The van der Waals surface area contributed by atoms with Crippen LogP contribution in [0.15, 0.2) is 42.5 Å². The van der Waals surface area contributed by atoms with E-state index in [9.17, 15) is 4.79 Å². The predicted molar refractivity (Wildman–Crippen MR) is 102 cm³/mol. The second-order valence-electron chi connectivity index (χ2n) is 6.22. The summed E-state index contributed by atoms with van der Waals surface area (Å²) in [5, 5.41) is 0.767. The number of ether oxygens (including phenoxy) is 3. The third-order valence-electron chi connectivity index (χ3n) is 3.64. The second-order valence-corrected chi connectivity index (χ2v) is 7.34. The lowest BCUT2D eigenvalue weighted by Crippen LogP contribution is -2.08. The summed E-state index contributed by atoms with van der Waals surface area (Å²) in [6.45, 7) is 4.87. The average Bonchev–Trinajstić information content (AvgIpc) is 3.07. The molecule has 0 N–H and O–H groups in total. The van der Waals surface area contributed by atoms with Crippen LogP contribution in [0.3, 0.4) is 0 Å². The average molecular weight is 371 g/mol. The Bertz CT molecular complexity index is 871. The minimum absolute atomic E-state index is 0.145. The highest BCUT2D eigenvalue weighted by molar-refractivity contribution is 7.18. The molecule has 0 saturated heterocycles. The van der Waals surface area contributed by atoms with Gasteiger partial charge in [0.05, 0.1) is 29.5 Å². The number of para-hydroxylation sites is 1. The Morgan fingerprint density at radius 2 is 1.96 bits per heavy atom. The van der Waals surface area contributed by atoms with Crippen molar-refractivity contribution >= 4 is 27.5 Å². The number of thiazole rings is 1. The van der Waals surface area contributed by atoms with Crippen LogP contribution in [0.1, 0.15) is 29.2 Å². The maximum Gasteiger partial charge on any atom is 0.338 e. The van der Waals surface area contributed by atoms with Gasteiger partial charge in [0.1, 0.15) is 11.6 Å². The number of benzene rings is 2. The molecule has 0 aliphatic rings. The topological polar surface area (TPSA) is 57.7 Å². The molecule has 3 aromatic rings. The van der Waals surface area contributed by atoms with E-state index in [-0.39, 0.29) is 6.61 Å². The molecular formula is C20H21NO4S. The summed E-state index contributed by atoms with van der Waals surface area (Å²) < 4.78 is 17.5. The van der Waals surface area contributed by atoms with Gasteiger partial charge in [0.25, 0.3) is 0 Å². The smallest absolute Gasteiger partial charge is 0.338 e. The maximum atomic E-state index is 12.3. The molecule has 1 heterocycles. The Labute approximate surface area is 156 Å². The molecule has 26 heavy (non-hydrogen) atoms. The van der Waals surface area contributed by atoms with E-state index in [1.807, 2.05) is 24.3 Å². The lowest BCUT2D eigenvalue weighted by molar-refractivity contribution is 0.0472. The highest BCUT2D eigenvalue weighted by atomic mass is 32.1. The molecular weight excluding hydrogens is 350 g/mol. The number of rotatable bonds is 7. The van der Waals surface area contributed by atoms with E-state index >= 15 is 0 Å². The molecule has 136 valence electrons. The van der Waals surface area contributed by atoms with Gasteiger partial charge in [-0.3, -0.25) is 0 Å². The lowest BCUT2D eigenvalue weighted by Gasteiger charge is -2.13. The molecule has 0 fully saturated rings. The lowest BCUT2D eigenvalue weighted by atomic mass is 10.2. The summed E-state index contributed by atoms with van der Waals surface area (Å²) in [6.07, 6.45) is 0. The van der Waals surface area contributed by atoms with Crippen molar-refractivity contribution in [2.75, 3.05) is 13.7 Å². The van der Waals surface area contributed by atoms with Gasteiger partial charge in [-0.1, -0.05) is 26.0 Å². The van der Waals surface area contributed by atoms with Crippen molar-refractivity contribution in [3.63, 3.8) is 0 Å². The third kappa shape index (κ3) is 4.32. The number of hydrogen-bond donors (Lipinski definition) is 0. The van der Waals surface area contributed by atoms with Crippen LogP contribution in [0.5, 0.6) is 11.5 Å². The van der Waals surface area contributed by atoms with Crippen LogP contribution in [-0.4, -0.2) is 24.7 Å². The van der Waals surface area contributed by atoms with Gasteiger partial charge in [0.2, 0.25) is 0 Å². The van der Waals surface area contributed by atoms with Crippen molar-refractivity contribution in [1.82, 2.24) is 4.98 Å². The number of fused-ring (bicyclic) bond motifs is 1. The number of nitrogens with zero attached hydrogens (tertiary/aromatic N) is 1. The van der Waals surface area contributed by atoms with Gasteiger partial charge >= 0.3 is 5.97 Å². The number of esters is 1. The van der Waals surface area contributed by atoms with Crippen molar-refractivity contribution in [2.45, 2.75) is 20.5 Å². The van der Waals surface area contributed by atoms with Gasteiger partial charge in [0, 0.05) is 0 Å². The van der Waals surface area contributed by atoms with E-state index in [0.717, 1.165) is 15.2 Å². The van der Waals surface area contributed by atoms with Gasteiger partial charge < -0.3 is 14.2 Å². The van der Waals surface area contributed by atoms with Crippen molar-refractivity contribution in [2.24, 2.45) is 5.92 Å². The second kappa shape index (κ2) is 8.19. The van der Waals surface area contributed by atoms with Crippen molar-refractivity contribution in [1.29, 1.82) is 0 Å². The Morgan fingerprint density at radius 1 is 1.15 bits per heavy atom. The maximum absolute atomic E-state index is 12.3. The standard InChI is InChI=1S/C20H21NO4S/c1-13(2)11-24-16-9-8-14(10-17(16)23-3)20(22)25-12-19-21-15-6-4-5-7-18(15)26-19/h4-10,13H,11-12H2,1-3H3. The first-order valence-electron chi connectivity index (χ1n) is 8.39. The van der Waals surface area contributed by atoms with E-state index < -0.39 is 5.97 Å². The minimum Gasteiger partial charge on any atom is -0.493 e. The number of carbonyl (C=O) groups excluding carboxylic acids is 1. The van der Waals surface area contributed by atoms with E-state index in [2.05, 4.69) is 18.8 Å². The molecule has 0 aliphatic heterocycles. The predicted octanol–water partition coefficient (Wildman–Crippen LogP) is 4.70. The van der Waals surface area contributed by atoms with Crippen LogP contribution >= 0.6 is 11.3 Å². The summed E-state index contributed by atoms with van der Waals surface area (Å²) in [5.41, 5.74) is 1.33. The van der Waals surface area contributed by atoms with Crippen molar-refractivity contribution in [3.05, 3.63) is 53.0 Å². The summed E-state index contributed by atoms with van der Waals surface area (Å²) in [6, 6.07) is 12.9. The Hall–Kier alpha value is -2.60. The quantitative estimate of drug-likeness (QED) is 0.564. The van der Waals surface area contributed by atoms with Gasteiger partial charge in [0.15, 0.2) is 11.5 Å². The first-order valence-corrected chi connectivity index (χ1v) is 9.21. The van der Waals surface area contributed by atoms with E-state index in [4.69, 9.17) is 14.2 Å². The molecule has 0 unspecified atom stereocenters. The molecule has 1 aromatic heterocycles. The number of methoxy groups -OCH3 is 1. The van der Waals surface area contributed by atoms with Crippen LogP contribution in [-0.2, 0) is 11.3 Å². The number of hydrogen-bond acceptors (Lipinski definition) is 6. The zero-order chi connectivity index (χ0) is 18.5. The fourth-order valence-electron chi connectivity index (χ4n) is 2.36. The first kappa shape index (κ1) is 18.2. The fourth-order valence-corrected chi connectivity index (χ4v) is 3.24. The van der Waals surface area contributed by atoms with Gasteiger partial charge in [-0.15, -0.1) is 11.3 Å². The zero-order valence-electron chi connectivity index (χ0n) is 15.0. The third-order valence-corrected chi connectivity index (χ3v) is 4.65. The largest absolute Gasteiger partial charge is 0.493 e. The van der Waals surface area contributed by atoms with Crippen LogP contribution in [0.25, 0.3) is 10.2 Å². The summed E-state index contributed by atoms with van der Waals surface area (Å²) in [5.74, 6) is 1.11. The van der Waals surface area contributed by atoms with E-state index in [1.54, 1.807) is 25.3 Å². The molecule has 0 radical (unpaired) electrons. The van der Waals surface area contributed by atoms with Gasteiger partial charge in [-0.2, -0.15) is 0 Å². The molecule has 6 heteroatoms. The molecule has 0 amide bonds. The van der Waals surface area contributed by atoms with Crippen LogP contribution in [0, 0.1) is 5.92 Å². The minimum atomic E-state index is -0.419. The molecule has 5 nitrogen and oxygen atoms in total. The molecule has 0 spiro atoms. The summed E-state index contributed by atoms with van der Waals surface area (Å²) in [4.78, 5) is 16.8. The monoisotopic (exact) mass is 371 g/mol. The highest BCUT2D eigenvalue weighted by Crippen LogP contribution is 2.29. The Morgan fingerprint density at radius 3 is 2.69 bits per heavy atom. The number of aromatic nitrogens is 1. The molecule has 2 aromatic carbocycles. The van der Waals surface area contributed by atoms with Crippen molar-refractivity contribution < 1.29 is 19.0 Å². The Balaban J connectivity index is 1.67. The van der Waals surface area contributed by atoms with Crippen LogP contribution in [0.4, 0.5) is 0 Å². The van der Waals surface area contributed by atoms with Crippen LogP contribution in [0.2, 0.25) is 0 Å².